The van der Waals surface area contributed by atoms with Crippen molar-refractivity contribution in [3.63, 3.8) is 0 Å². The van der Waals surface area contributed by atoms with Crippen LogP contribution in [0.2, 0.25) is 0 Å². The van der Waals surface area contributed by atoms with Crippen molar-refractivity contribution in [2.45, 2.75) is 38.3 Å². The molecule has 1 amide bonds. The minimum absolute atomic E-state index is 0. The fourth-order valence-corrected chi connectivity index (χ4v) is 3.78. The van der Waals surface area contributed by atoms with E-state index < -0.39 is 0 Å². The van der Waals surface area contributed by atoms with E-state index in [4.69, 9.17) is 0 Å². The molecular formula is C19H30ClN3O. The number of nitrogens with one attached hydrogen (secondary N) is 1. The fourth-order valence-electron chi connectivity index (χ4n) is 3.78. The quantitative estimate of drug-likeness (QED) is 0.855. The van der Waals surface area contributed by atoms with Crippen LogP contribution >= 0.6 is 12.4 Å². The Bertz CT molecular complexity index is 505. The van der Waals surface area contributed by atoms with Gasteiger partial charge in [0.25, 0.3) is 0 Å². The van der Waals surface area contributed by atoms with Crippen molar-refractivity contribution >= 4 is 18.3 Å². The average Bonchev–Trinajstić information content (AvgIpc) is 3.24. The summed E-state index contributed by atoms with van der Waals surface area (Å²) < 4.78 is 0. The molecule has 4 nitrogen and oxygen atoms in total. The summed E-state index contributed by atoms with van der Waals surface area (Å²) in [4.78, 5) is 16.9. The van der Waals surface area contributed by atoms with E-state index in [1.807, 2.05) is 11.9 Å². The summed E-state index contributed by atoms with van der Waals surface area (Å²) in [7, 11) is 1.99. The third-order valence-electron chi connectivity index (χ3n) is 5.37. The number of hydrogen-bond acceptors (Lipinski definition) is 3. The highest BCUT2D eigenvalue weighted by atomic mass is 35.5. The normalized spacial score (nSPS) is 23.9. The molecule has 0 aromatic heterocycles. The molecule has 24 heavy (non-hydrogen) atoms. The Morgan fingerprint density at radius 1 is 1.29 bits per heavy atom. The molecule has 2 unspecified atom stereocenters. The van der Waals surface area contributed by atoms with Gasteiger partial charge in [0, 0.05) is 39.1 Å². The summed E-state index contributed by atoms with van der Waals surface area (Å²) in [6.07, 6.45) is 4.07. The Labute approximate surface area is 152 Å². The lowest BCUT2D eigenvalue weighted by Crippen LogP contribution is -2.39. The number of halogens is 1. The van der Waals surface area contributed by atoms with Gasteiger partial charge in [-0.25, -0.2) is 0 Å². The first kappa shape index (κ1) is 19.2. The molecule has 134 valence electrons. The van der Waals surface area contributed by atoms with Gasteiger partial charge >= 0.3 is 0 Å². The molecule has 2 aliphatic heterocycles. The van der Waals surface area contributed by atoms with Gasteiger partial charge in [-0.15, -0.1) is 12.4 Å². The zero-order valence-corrected chi connectivity index (χ0v) is 15.4. The van der Waals surface area contributed by atoms with E-state index in [2.05, 4.69) is 40.5 Å². The topological polar surface area (TPSA) is 35.6 Å². The number of amides is 1. The molecule has 0 aliphatic carbocycles. The second-order valence-electron chi connectivity index (χ2n) is 7.07. The van der Waals surface area contributed by atoms with Crippen LogP contribution in [0.1, 0.15) is 31.2 Å². The van der Waals surface area contributed by atoms with E-state index in [0.29, 0.717) is 24.3 Å². The number of benzene rings is 1. The summed E-state index contributed by atoms with van der Waals surface area (Å²) >= 11 is 0. The number of likely N-dealkylation sites (tertiary alicyclic amines) is 1. The molecule has 1 aromatic carbocycles. The molecule has 1 N–H and O–H groups in total. The largest absolute Gasteiger partial charge is 0.341 e. The summed E-state index contributed by atoms with van der Waals surface area (Å²) in [5, 5.41) is 3.38. The lowest BCUT2D eigenvalue weighted by Gasteiger charge is -2.25. The summed E-state index contributed by atoms with van der Waals surface area (Å²) in [6.45, 7) is 5.29. The van der Waals surface area contributed by atoms with Gasteiger partial charge in [0.1, 0.15) is 0 Å². The number of carbonyl (C=O) groups is 1. The van der Waals surface area contributed by atoms with Gasteiger partial charge in [0.05, 0.1) is 0 Å². The standard InChI is InChI=1S/C19H29N3O.ClH/c1-21(19(23)8-7-16-9-11-20-13-16)18-10-12-22(15-18)14-17-5-3-2-4-6-17;/h2-6,16,18,20H,7-15H2,1H3;1H. The van der Waals surface area contributed by atoms with Crippen LogP contribution in [0.4, 0.5) is 0 Å². The molecule has 2 aliphatic rings. The molecule has 2 heterocycles. The van der Waals surface area contributed by atoms with Crippen LogP contribution in [0, 0.1) is 5.92 Å². The first-order chi connectivity index (χ1) is 11.2. The Balaban J connectivity index is 0.00000208. The molecular weight excluding hydrogens is 322 g/mol. The van der Waals surface area contributed by atoms with Gasteiger partial charge < -0.3 is 10.2 Å². The number of carbonyl (C=O) groups excluding carboxylic acids is 1. The molecule has 0 bridgehead atoms. The molecule has 0 saturated carbocycles. The summed E-state index contributed by atoms with van der Waals surface area (Å²) in [5.41, 5.74) is 1.36. The van der Waals surface area contributed by atoms with Gasteiger partial charge in [-0.1, -0.05) is 30.3 Å². The fraction of sp³-hybridized carbons (Fsp3) is 0.632. The highest BCUT2D eigenvalue weighted by Gasteiger charge is 2.28. The highest BCUT2D eigenvalue weighted by molar-refractivity contribution is 5.85. The second-order valence-corrected chi connectivity index (χ2v) is 7.07. The molecule has 3 rings (SSSR count). The monoisotopic (exact) mass is 351 g/mol. The summed E-state index contributed by atoms with van der Waals surface area (Å²) in [6, 6.07) is 11.0. The van der Waals surface area contributed by atoms with Crippen molar-refractivity contribution < 1.29 is 4.79 Å². The number of likely N-dealkylation sites (N-methyl/N-ethyl adjacent to an activating group) is 1. The van der Waals surface area contributed by atoms with Gasteiger partial charge in [0.2, 0.25) is 5.91 Å². The average molecular weight is 352 g/mol. The number of rotatable bonds is 6. The maximum Gasteiger partial charge on any atom is 0.222 e. The first-order valence-electron chi connectivity index (χ1n) is 8.95. The van der Waals surface area contributed by atoms with Gasteiger partial charge in [-0.05, 0) is 43.8 Å². The van der Waals surface area contributed by atoms with E-state index in [-0.39, 0.29) is 12.4 Å². The molecule has 2 saturated heterocycles. The van der Waals surface area contributed by atoms with Gasteiger partial charge in [-0.2, -0.15) is 0 Å². The maximum absolute atomic E-state index is 12.4. The Kier molecular flexibility index (Phi) is 7.53. The Morgan fingerprint density at radius 3 is 2.79 bits per heavy atom. The van der Waals surface area contributed by atoms with Crippen molar-refractivity contribution in [1.29, 1.82) is 0 Å². The van der Waals surface area contributed by atoms with E-state index in [9.17, 15) is 4.79 Å². The van der Waals surface area contributed by atoms with Crippen LogP contribution in [0.5, 0.6) is 0 Å². The van der Waals surface area contributed by atoms with Crippen LogP contribution in [0.3, 0.4) is 0 Å². The van der Waals surface area contributed by atoms with Crippen molar-refractivity contribution in [2.75, 3.05) is 33.2 Å². The predicted octanol–water partition coefficient (Wildman–Crippen LogP) is 2.53. The Morgan fingerprint density at radius 2 is 2.08 bits per heavy atom. The zero-order valence-electron chi connectivity index (χ0n) is 14.6. The van der Waals surface area contributed by atoms with E-state index in [1.54, 1.807) is 0 Å². The van der Waals surface area contributed by atoms with Crippen molar-refractivity contribution in [2.24, 2.45) is 5.92 Å². The Hall–Kier alpha value is -1.10. The minimum Gasteiger partial charge on any atom is -0.341 e. The number of hydrogen-bond donors (Lipinski definition) is 1. The zero-order chi connectivity index (χ0) is 16.1. The molecule has 0 spiro atoms. The van der Waals surface area contributed by atoms with Crippen LogP contribution in [0.15, 0.2) is 30.3 Å². The SMILES string of the molecule is CN(C(=O)CCC1CCNC1)C1CCN(Cc2ccccc2)C1.Cl. The van der Waals surface area contributed by atoms with E-state index in [1.165, 1.54) is 12.0 Å². The van der Waals surface area contributed by atoms with Crippen LogP contribution in [-0.4, -0.2) is 55.0 Å². The van der Waals surface area contributed by atoms with Gasteiger partial charge in [-0.3, -0.25) is 9.69 Å². The summed E-state index contributed by atoms with van der Waals surface area (Å²) in [5.74, 6) is 1.02. The molecule has 2 fully saturated rings. The lowest BCUT2D eigenvalue weighted by atomic mass is 10.0. The van der Waals surface area contributed by atoms with Crippen molar-refractivity contribution in [3.05, 3.63) is 35.9 Å². The predicted molar refractivity (Wildman–Crippen MR) is 100 cm³/mol. The third kappa shape index (κ3) is 5.20. The molecule has 2 atom stereocenters. The number of nitrogens with zero attached hydrogens (tertiary/aromatic N) is 2. The van der Waals surface area contributed by atoms with E-state index >= 15 is 0 Å². The van der Waals surface area contributed by atoms with Crippen molar-refractivity contribution in [1.82, 2.24) is 15.1 Å². The van der Waals surface area contributed by atoms with Crippen LogP contribution in [-0.2, 0) is 11.3 Å². The lowest BCUT2D eigenvalue weighted by molar-refractivity contribution is -0.132. The van der Waals surface area contributed by atoms with Gasteiger partial charge in [0.15, 0.2) is 0 Å². The second kappa shape index (κ2) is 9.40. The van der Waals surface area contributed by atoms with Crippen LogP contribution < -0.4 is 5.32 Å². The molecule has 1 aromatic rings. The highest BCUT2D eigenvalue weighted by Crippen LogP contribution is 2.20. The minimum atomic E-state index is 0. The molecule has 0 radical (unpaired) electrons. The third-order valence-corrected chi connectivity index (χ3v) is 5.37. The smallest absolute Gasteiger partial charge is 0.222 e. The van der Waals surface area contributed by atoms with Crippen LogP contribution in [0.25, 0.3) is 0 Å². The maximum atomic E-state index is 12.4. The van der Waals surface area contributed by atoms with E-state index in [0.717, 1.165) is 45.6 Å². The molecule has 5 heteroatoms. The van der Waals surface area contributed by atoms with Crippen molar-refractivity contribution in [3.8, 4) is 0 Å². The first-order valence-corrected chi connectivity index (χ1v) is 8.95.